The second kappa shape index (κ2) is 8.58. The lowest BCUT2D eigenvalue weighted by Crippen LogP contribution is -2.43. The summed E-state index contributed by atoms with van der Waals surface area (Å²) >= 11 is 0. The first-order chi connectivity index (χ1) is 10.7. The Labute approximate surface area is 145 Å². The third kappa shape index (κ3) is 6.20. The molecule has 1 heterocycles. The summed E-state index contributed by atoms with van der Waals surface area (Å²) in [4.78, 5) is 14.0. The molecule has 0 spiro atoms. The van der Waals surface area contributed by atoms with E-state index in [2.05, 4.69) is 4.74 Å². The number of carbonyl (C=O) groups excluding carboxylic acids is 1. The predicted molar refractivity (Wildman–Crippen MR) is 87.0 cm³/mol. The van der Waals surface area contributed by atoms with Crippen LogP contribution in [0.5, 0.6) is 5.75 Å². The summed E-state index contributed by atoms with van der Waals surface area (Å²) in [5.41, 5.74) is 6.54. The van der Waals surface area contributed by atoms with Crippen LogP contribution in [0.1, 0.15) is 25.3 Å². The minimum Gasteiger partial charge on any atom is -0.406 e. The minimum absolute atomic E-state index is 0. The van der Waals surface area contributed by atoms with Gasteiger partial charge in [-0.3, -0.25) is 4.79 Å². The average molecular weight is 367 g/mol. The van der Waals surface area contributed by atoms with E-state index in [-0.39, 0.29) is 36.5 Å². The molecule has 24 heavy (non-hydrogen) atoms. The molecule has 4 nitrogen and oxygen atoms in total. The number of alkyl halides is 3. The van der Waals surface area contributed by atoms with Gasteiger partial charge in [0.25, 0.3) is 0 Å². The minimum atomic E-state index is -4.71. The molecule has 136 valence electrons. The van der Waals surface area contributed by atoms with Crippen LogP contribution in [0.3, 0.4) is 0 Å². The van der Waals surface area contributed by atoms with Gasteiger partial charge in [0.05, 0.1) is 6.42 Å². The lowest BCUT2D eigenvalue weighted by Gasteiger charge is -2.33. The first kappa shape index (κ1) is 20.6. The van der Waals surface area contributed by atoms with Crippen molar-refractivity contribution in [1.82, 2.24) is 4.90 Å². The summed E-state index contributed by atoms with van der Waals surface area (Å²) in [7, 11) is 0. The van der Waals surface area contributed by atoms with Crippen molar-refractivity contribution < 1.29 is 22.7 Å². The molecule has 1 amide bonds. The second-order valence-corrected chi connectivity index (χ2v) is 5.95. The Morgan fingerprint density at radius 3 is 2.29 bits per heavy atom. The number of nitrogens with zero attached hydrogens (tertiary/aromatic N) is 1. The zero-order valence-corrected chi connectivity index (χ0v) is 14.2. The topological polar surface area (TPSA) is 55.6 Å². The zero-order chi connectivity index (χ0) is 17.0. The van der Waals surface area contributed by atoms with Crippen LogP contribution in [0.15, 0.2) is 24.3 Å². The number of nitrogens with two attached hydrogens (primary N) is 1. The van der Waals surface area contributed by atoms with Crippen molar-refractivity contribution in [2.45, 2.75) is 38.6 Å². The Morgan fingerprint density at radius 1 is 1.29 bits per heavy atom. The summed E-state index contributed by atoms with van der Waals surface area (Å²) in [5, 5.41) is 0. The van der Waals surface area contributed by atoms with Gasteiger partial charge in [-0.05, 0) is 43.4 Å². The van der Waals surface area contributed by atoms with Crippen LogP contribution in [-0.2, 0) is 11.2 Å². The van der Waals surface area contributed by atoms with Crippen LogP contribution in [0.2, 0.25) is 0 Å². The third-order valence-electron chi connectivity index (χ3n) is 4.15. The van der Waals surface area contributed by atoms with Crippen molar-refractivity contribution in [3.05, 3.63) is 29.8 Å². The molecule has 0 aliphatic carbocycles. The molecule has 1 aliphatic heterocycles. The second-order valence-electron chi connectivity index (χ2n) is 5.95. The van der Waals surface area contributed by atoms with Crippen molar-refractivity contribution in [2.24, 2.45) is 11.7 Å². The fraction of sp³-hybridized carbons (Fsp3) is 0.562. The first-order valence-corrected chi connectivity index (χ1v) is 7.62. The summed E-state index contributed by atoms with van der Waals surface area (Å²) in [6, 6.07) is 5.53. The fourth-order valence-corrected chi connectivity index (χ4v) is 2.77. The molecule has 0 saturated carbocycles. The molecule has 0 bridgehead atoms. The predicted octanol–water partition coefficient (Wildman–Crippen LogP) is 3.14. The highest BCUT2D eigenvalue weighted by molar-refractivity contribution is 5.85. The summed E-state index contributed by atoms with van der Waals surface area (Å²) < 4.78 is 40.1. The highest BCUT2D eigenvalue weighted by atomic mass is 35.5. The Morgan fingerprint density at radius 2 is 1.83 bits per heavy atom. The lowest BCUT2D eigenvalue weighted by molar-refractivity contribution is -0.274. The number of piperidine rings is 1. The molecule has 1 unspecified atom stereocenters. The van der Waals surface area contributed by atoms with Gasteiger partial charge in [-0.2, -0.15) is 0 Å². The van der Waals surface area contributed by atoms with E-state index >= 15 is 0 Å². The molecule has 1 aromatic carbocycles. The summed E-state index contributed by atoms with van der Waals surface area (Å²) in [6.07, 6.45) is -2.75. The van der Waals surface area contributed by atoms with Crippen LogP contribution in [0, 0.1) is 5.92 Å². The Balaban J connectivity index is 0.00000288. The first-order valence-electron chi connectivity index (χ1n) is 7.62. The van der Waals surface area contributed by atoms with Crippen LogP contribution in [0.25, 0.3) is 0 Å². The van der Waals surface area contributed by atoms with Crippen molar-refractivity contribution in [2.75, 3.05) is 13.1 Å². The SMILES string of the molecule is CC(N)C1CCN(C(=O)Cc2ccc(OC(F)(F)F)cc2)CC1.Cl. The maximum atomic E-state index is 12.2. The number of benzene rings is 1. The van der Waals surface area contributed by atoms with Crippen molar-refractivity contribution in [3.63, 3.8) is 0 Å². The van der Waals surface area contributed by atoms with Crippen LogP contribution < -0.4 is 10.5 Å². The van der Waals surface area contributed by atoms with E-state index < -0.39 is 6.36 Å². The Bertz CT molecular complexity index is 527. The van der Waals surface area contributed by atoms with Crippen molar-refractivity contribution in [1.29, 1.82) is 0 Å². The highest BCUT2D eigenvalue weighted by Gasteiger charge is 2.31. The zero-order valence-electron chi connectivity index (χ0n) is 13.4. The van der Waals surface area contributed by atoms with Gasteiger partial charge in [0.15, 0.2) is 0 Å². The molecule has 2 N–H and O–H groups in total. The van der Waals surface area contributed by atoms with E-state index in [4.69, 9.17) is 5.73 Å². The number of carbonyl (C=O) groups is 1. The molecule has 8 heteroatoms. The smallest absolute Gasteiger partial charge is 0.406 e. The quantitative estimate of drug-likeness (QED) is 0.890. The highest BCUT2D eigenvalue weighted by Crippen LogP contribution is 2.23. The number of hydrogen-bond acceptors (Lipinski definition) is 3. The normalized spacial score (nSPS) is 17.1. The molecule has 1 saturated heterocycles. The summed E-state index contributed by atoms with van der Waals surface area (Å²) in [6.45, 7) is 3.34. The van der Waals surface area contributed by atoms with Crippen LogP contribution >= 0.6 is 12.4 Å². The fourth-order valence-electron chi connectivity index (χ4n) is 2.77. The molecule has 1 aliphatic rings. The number of likely N-dealkylation sites (tertiary alicyclic amines) is 1. The van der Waals surface area contributed by atoms with Gasteiger partial charge >= 0.3 is 6.36 Å². The van der Waals surface area contributed by atoms with Crippen molar-refractivity contribution in [3.8, 4) is 5.75 Å². The standard InChI is InChI=1S/C16H21F3N2O2.ClH/c1-11(20)13-6-8-21(9-7-13)15(22)10-12-2-4-14(5-3-12)23-16(17,18)19;/h2-5,11,13H,6-10,20H2,1H3;1H. The molecular weight excluding hydrogens is 345 g/mol. The maximum absolute atomic E-state index is 12.2. The van der Waals surface area contributed by atoms with E-state index in [9.17, 15) is 18.0 Å². The van der Waals surface area contributed by atoms with Gasteiger partial charge in [0.2, 0.25) is 5.91 Å². The van der Waals surface area contributed by atoms with E-state index in [0.29, 0.717) is 24.6 Å². The van der Waals surface area contributed by atoms with Gasteiger partial charge in [-0.25, -0.2) is 0 Å². The number of amides is 1. The molecule has 1 atom stereocenters. The Kier molecular flexibility index (Phi) is 7.35. The van der Waals surface area contributed by atoms with Gasteiger partial charge in [-0.15, -0.1) is 25.6 Å². The van der Waals surface area contributed by atoms with Gasteiger partial charge in [0.1, 0.15) is 5.75 Å². The lowest BCUT2D eigenvalue weighted by atomic mass is 9.91. The number of ether oxygens (including phenoxy) is 1. The largest absolute Gasteiger partial charge is 0.573 e. The van der Waals surface area contributed by atoms with E-state index in [0.717, 1.165) is 12.8 Å². The van der Waals surface area contributed by atoms with Gasteiger partial charge in [-0.1, -0.05) is 12.1 Å². The van der Waals surface area contributed by atoms with Crippen LogP contribution in [0.4, 0.5) is 13.2 Å². The van der Waals surface area contributed by atoms with Crippen LogP contribution in [-0.4, -0.2) is 36.3 Å². The van der Waals surface area contributed by atoms with Gasteiger partial charge < -0.3 is 15.4 Å². The molecule has 1 fully saturated rings. The van der Waals surface area contributed by atoms with E-state index in [1.807, 2.05) is 6.92 Å². The molecule has 1 aromatic rings. The van der Waals surface area contributed by atoms with E-state index in [1.165, 1.54) is 24.3 Å². The van der Waals surface area contributed by atoms with Gasteiger partial charge in [0, 0.05) is 19.1 Å². The van der Waals surface area contributed by atoms with Crippen molar-refractivity contribution >= 4 is 18.3 Å². The summed E-state index contributed by atoms with van der Waals surface area (Å²) in [5.74, 6) is 0.141. The molecule has 0 aromatic heterocycles. The molecular formula is C16H22ClF3N2O2. The average Bonchev–Trinajstić information content (AvgIpc) is 2.48. The third-order valence-corrected chi connectivity index (χ3v) is 4.15. The Hall–Kier alpha value is -1.47. The number of halogens is 4. The van der Waals surface area contributed by atoms with E-state index in [1.54, 1.807) is 4.90 Å². The monoisotopic (exact) mass is 366 g/mol. The molecule has 0 radical (unpaired) electrons. The maximum Gasteiger partial charge on any atom is 0.573 e. The number of hydrogen-bond donors (Lipinski definition) is 1. The molecule has 2 rings (SSSR count). The number of rotatable bonds is 4.